The van der Waals surface area contributed by atoms with Crippen LogP contribution in [0.1, 0.15) is 25.3 Å². The zero-order valence-corrected chi connectivity index (χ0v) is 10.9. The van der Waals surface area contributed by atoms with E-state index >= 15 is 0 Å². The first-order valence-corrected chi connectivity index (χ1v) is 6.82. The molecule has 0 atom stereocenters. The summed E-state index contributed by atoms with van der Waals surface area (Å²) in [4.78, 5) is 2.48. The molecule has 0 unspecified atom stereocenters. The summed E-state index contributed by atoms with van der Waals surface area (Å²) < 4.78 is 0. The minimum Gasteiger partial charge on any atom is -0.341 e. The Balaban J connectivity index is 2.11. The lowest BCUT2D eigenvalue weighted by Gasteiger charge is -2.29. The van der Waals surface area contributed by atoms with Gasteiger partial charge in [-0.25, -0.2) is 0 Å². The van der Waals surface area contributed by atoms with Gasteiger partial charge >= 0.3 is 0 Å². The minimum absolute atomic E-state index is 1.05. The molecule has 0 amide bonds. The number of hydrogen-bond donors (Lipinski definition) is 0. The van der Waals surface area contributed by atoms with Crippen molar-refractivity contribution in [2.45, 2.75) is 26.2 Å². The third-order valence-corrected chi connectivity index (χ3v) is 3.65. The summed E-state index contributed by atoms with van der Waals surface area (Å²) in [5.41, 5.74) is 5.69. The summed E-state index contributed by atoms with van der Waals surface area (Å²) >= 11 is 0. The van der Waals surface area contributed by atoms with Gasteiger partial charge in [-0.05, 0) is 42.5 Å². The predicted molar refractivity (Wildman–Crippen MR) is 77.7 cm³/mol. The van der Waals surface area contributed by atoms with Crippen LogP contribution in [0.2, 0.25) is 0 Å². The normalized spacial score (nSPS) is 17.5. The average molecular weight is 237 g/mol. The van der Waals surface area contributed by atoms with E-state index in [-0.39, 0.29) is 0 Å². The molecule has 1 aromatic rings. The summed E-state index contributed by atoms with van der Waals surface area (Å²) in [7, 11) is 0. The molecule has 0 saturated heterocycles. The second kappa shape index (κ2) is 4.85. The Morgan fingerprint density at radius 3 is 2.94 bits per heavy atom. The maximum absolute atomic E-state index is 2.48. The zero-order chi connectivity index (χ0) is 12.4. The molecule has 1 aliphatic carbocycles. The standard InChI is InChI=1S/C17H19N/c1-2-13-18-16-9-5-3-7-14(16)11-12-15-8-4-6-10-17(15)18/h3-7,9-10,12H,2,8,11,13H2,1H3. The molecular weight excluding hydrogens is 218 g/mol. The fraction of sp³-hybridized carbons (Fsp3) is 0.294. The van der Waals surface area contributed by atoms with Crippen molar-refractivity contribution in [3.05, 3.63) is 65.4 Å². The molecular formula is C17H19N. The number of allylic oxidation sites excluding steroid dienone is 5. The van der Waals surface area contributed by atoms with Crippen molar-refractivity contribution in [2.75, 3.05) is 11.4 Å². The minimum atomic E-state index is 1.05. The van der Waals surface area contributed by atoms with Crippen LogP contribution < -0.4 is 4.90 Å². The highest BCUT2D eigenvalue weighted by Gasteiger charge is 2.20. The summed E-state index contributed by atoms with van der Waals surface area (Å²) in [5.74, 6) is 0. The molecule has 0 radical (unpaired) electrons. The first kappa shape index (κ1) is 11.3. The molecule has 0 bridgehead atoms. The topological polar surface area (TPSA) is 3.24 Å². The van der Waals surface area contributed by atoms with Crippen LogP contribution in [-0.2, 0) is 6.42 Å². The predicted octanol–water partition coefficient (Wildman–Crippen LogP) is 4.23. The van der Waals surface area contributed by atoms with Crippen LogP contribution in [0.25, 0.3) is 0 Å². The molecule has 0 spiro atoms. The number of para-hydroxylation sites is 1. The van der Waals surface area contributed by atoms with E-state index in [1.54, 1.807) is 0 Å². The van der Waals surface area contributed by atoms with Gasteiger partial charge < -0.3 is 4.90 Å². The average Bonchev–Trinajstić information content (AvgIpc) is 2.58. The Morgan fingerprint density at radius 2 is 2.06 bits per heavy atom. The van der Waals surface area contributed by atoms with Gasteiger partial charge in [0, 0.05) is 17.9 Å². The molecule has 92 valence electrons. The van der Waals surface area contributed by atoms with Gasteiger partial charge in [-0.15, -0.1) is 0 Å². The molecule has 18 heavy (non-hydrogen) atoms. The SMILES string of the molecule is CCCN1C2=CC=CCC2=CCc2ccccc21. The van der Waals surface area contributed by atoms with Crippen molar-refractivity contribution < 1.29 is 0 Å². The van der Waals surface area contributed by atoms with Gasteiger partial charge in [-0.2, -0.15) is 0 Å². The molecule has 1 aliphatic heterocycles. The van der Waals surface area contributed by atoms with E-state index in [4.69, 9.17) is 0 Å². The van der Waals surface area contributed by atoms with Gasteiger partial charge in [-0.3, -0.25) is 0 Å². The second-order valence-corrected chi connectivity index (χ2v) is 4.90. The number of anilines is 1. The second-order valence-electron chi connectivity index (χ2n) is 4.90. The van der Waals surface area contributed by atoms with Crippen LogP contribution in [0, 0.1) is 0 Å². The number of fused-ring (bicyclic) bond motifs is 2. The van der Waals surface area contributed by atoms with Crippen LogP contribution in [0.15, 0.2) is 59.8 Å². The van der Waals surface area contributed by atoms with Crippen LogP contribution in [-0.4, -0.2) is 6.54 Å². The zero-order valence-electron chi connectivity index (χ0n) is 10.9. The summed E-state index contributed by atoms with van der Waals surface area (Å²) in [6.45, 7) is 3.34. The van der Waals surface area contributed by atoms with Crippen LogP contribution >= 0.6 is 0 Å². The van der Waals surface area contributed by atoms with E-state index in [9.17, 15) is 0 Å². The first-order valence-electron chi connectivity index (χ1n) is 6.82. The van der Waals surface area contributed by atoms with Crippen molar-refractivity contribution in [1.82, 2.24) is 0 Å². The van der Waals surface area contributed by atoms with E-state index in [1.165, 1.54) is 28.9 Å². The van der Waals surface area contributed by atoms with E-state index < -0.39 is 0 Å². The van der Waals surface area contributed by atoms with Gasteiger partial charge in [0.2, 0.25) is 0 Å². The Morgan fingerprint density at radius 1 is 1.17 bits per heavy atom. The molecule has 0 aromatic heterocycles. The van der Waals surface area contributed by atoms with Crippen LogP contribution in [0.4, 0.5) is 5.69 Å². The third-order valence-electron chi connectivity index (χ3n) is 3.65. The summed E-state index contributed by atoms with van der Waals surface area (Å²) in [6, 6.07) is 8.79. The van der Waals surface area contributed by atoms with Gasteiger partial charge in [0.1, 0.15) is 0 Å². The number of hydrogen-bond acceptors (Lipinski definition) is 1. The van der Waals surface area contributed by atoms with Crippen molar-refractivity contribution in [3.63, 3.8) is 0 Å². The Hall–Kier alpha value is -1.76. The summed E-state index contributed by atoms with van der Waals surface area (Å²) in [5, 5.41) is 0. The quantitative estimate of drug-likeness (QED) is 0.744. The highest BCUT2D eigenvalue weighted by Crippen LogP contribution is 2.34. The lowest BCUT2D eigenvalue weighted by atomic mass is 10.0. The molecule has 1 aromatic carbocycles. The molecule has 1 heteroatoms. The van der Waals surface area contributed by atoms with Gasteiger partial charge in [0.15, 0.2) is 0 Å². The first-order chi connectivity index (χ1) is 8.90. The lowest BCUT2D eigenvalue weighted by Crippen LogP contribution is -2.25. The molecule has 0 N–H and O–H groups in total. The monoisotopic (exact) mass is 237 g/mol. The van der Waals surface area contributed by atoms with Gasteiger partial charge in [0.05, 0.1) is 0 Å². The largest absolute Gasteiger partial charge is 0.341 e. The molecule has 3 rings (SSSR count). The van der Waals surface area contributed by atoms with Crippen LogP contribution in [0.5, 0.6) is 0 Å². The Kier molecular flexibility index (Phi) is 3.06. The van der Waals surface area contributed by atoms with E-state index in [2.05, 4.69) is 60.4 Å². The van der Waals surface area contributed by atoms with Crippen molar-refractivity contribution in [3.8, 4) is 0 Å². The van der Waals surface area contributed by atoms with E-state index in [0.29, 0.717) is 0 Å². The molecule has 1 heterocycles. The maximum atomic E-state index is 2.48. The Bertz CT molecular complexity index is 534. The highest BCUT2D eigenvalue weighted by atomic mass is 15.1. The van der Waals surface area contributed by atoms with E-state index in [1.807, 2.05) is 0 Å². The maximum Gasteiger partial charge on any atom is 0.0446 e. The number of rotatable bonds is 2. The summed E-state index contributed by atoms with van der Waals surface area (Å²) in [6.07, 6.45) is 12.4. The molecule has 0 fully saturated rings. The van der Waals surface area contributed by atoms with Crippen molar-refractivity contribution in [1.29, 1.82) is 0 Å². The number of nitrogens with zero attached hydrogens (tertiary/aromatic N) is 1. The molecule has 1 nitrogen and oxygen atoms in total. The fourth-order valence-corrected chi connectivity index (χ4v) is 2.79. The third kappa shape index (κ3) is 1.90. The van der Waals surface area contributed by atoms with E-state index in [0.717, 1.165) is 19.4 Å². The van der Waals surface area contributed by atoms with Gasteiger partial charge in [0.25, 0.3) is 0 Å². The van der Waals surface area contributed by atoms with Crippen molar-refractivity contribution >= 4 is 5.69 Å². The van der Waals surface area contributed by atoms with Gasteiger partial charge in [-0.1, -0.05) is 43.4 Å². The number of benzene rings is 1. The molecule has 2 aliphatic rings. The lowest BCUT2D eigenvalue weighted by molar-refractivity contribution is 0.846. The smallest absolute Gasteiger partial charge is 0.0446 e. The highest BCUT2D eigenvalue weighted by molar-refractivity contribution is 5.65. The Labute approximate surface area is 109 Å². The van der Waals surface area contributed by atoms with Crippen LogP contribution in [0.3, 0.4) is 0 Å². The van der Waals surface area contributed by atoms with Crippen molar-refractivity contribution in [2.24, 2.45) is 0 Å². The fourth-order valence-electron chi connectivity index (χ4n) is 2.79. The molecule has 0 saturated carbocycles.